The zero-order chi connectivity index (χ0) is 28.2. The van der Waals surface area contributed by atoms with Gasteiger partial charge in [-0.2, -0.15) is 8.78 Å². The zero-order valence-electron chi connectivity index (χ0n) is 21.2. The molecule has 0 aliphatic carbocycles. The van der Waals surface area contributed by atoms with E-state index in [0.717, 1.165) is 11.3 Å². The summed E-state index contributed by atoms with van der Waals surface area (Å²) >= 11 is 1.10. The number of amides is 1. The summed E-state index contributed by atoms with van der Waals surface area (Å²) in [5.74, 6) is -3.74. The van der Waals surface area contributed by atoms with E-state index in [0.29, 0.717) is 48.1 Å². The third kappa shape index (κ3) is 7.44. The maximum atomic E-state index is 13.2. The summed E-state index contributed by atoms with van der Waals surface area (Å²) in [6.45, 7) is 5.20. The molecule has 4 rings (SSSR count). The van der Waals surface area contributed by atoms with Crippen molar-refractivity contribution >= 4 is 33.0 Å². The summed E-state index contributed by atoms with van der Waals surface area (Å²) in [5.41, 5.74) is 0.0263. The van der Waals surface area contributed by atoms with Crippen LogP contribution in [0, 0.1) is 0 Å². The van der Waals surface area contributed by atoms with Crippen LogP contribution in [-0.2, 0) is 10.0 Å². The molecule has 15 heteroatoms. The van der Waals surface area contributed by atoms with Crippen molar-refractivity contribution in [1.29, 1.82) is 0 Å². The van der Waals surface area contributed by atoms with Crippen LogP contribution in [-0.4, -0.2) is 76.9 Å². The van der Waals surface area contributed by atoms with Crippen LogP contribution in [0.1, 0.15) is 41.7 Å². The van der Waals surface area contributed by atoms with E-state index in [-0.39, 0.29) is 17.2 Å². The predicted octanol–water partition coefficient (Wildman–Crippen LogP) is 2.89. The number of likely N-dealkylation sites (tertiary alicyclic amines) is 1. The first-order chi connectivity index (χ1) is 18.5. The van der Waals surface area contributed by atoms with Gasteiger partial charge in [0, 0.05) is 31.5 Å². The zero-order valence-corrected chi connectivity index (χ0v) is 22.8. The molecular formula is C24H28F2N6O5S2. The van der Waals surface area contributed by atoms with Gasteiger partial charge in [0.25, 0.3) is 15.9 Å². The van der Waals surface area contributed by atoms with Gasteiger partial charge in [0.1, 0.15) is 5.69 Å². The van der Waals surface area contributed by atoms with Gasteiger partial charge in [0.15, 0.2) is 5.01 Å². The van der Waals surface area contributed by atoms with E-state index in [2.05, 4.69) is 20.3 Å². The number of nitrogens with one attached hydrogen (secondary N) is 2. The second-order valence-electron chi connectivity index (χ2n) is 9.25. The van der Waals surface area contributed by atoms with Gasteiger partial charge >= 0.3 is 5.76 Å². The number of rotatable bonds is 11. The number of carbonyl (C=O) groups excluding carboxylic acids is 1. The van der Waals surface area contributed by atoms with Gasteiger partial charge in [-0.05, 0) is 38.0 Å². The number of nitrogens with zero attached hydrogens (tertiary/aromatic N) is 4. The largest absolute Gasteiger partial charge is 0.477 e. The topological polar surface area (TPSA) is 147 Å². The number of aliphatic hydroxyl groups is 1. The first-order valence-corrected chi connectivity index (χ1v) is 14.4. The van der Waals surface area contributed by atoms with Crippen LogP contribution in [0.15, 0.2) is 42.9 Å². The molecule has 1 fully saturated rings. The van der Waals surface area contributed by atoms with Crippen molar-refractivity contribution in [3.05, 3.63) is 53.4 Å². The lowest BCUT2D eigenvalue weighted by molar-refractivity contribution is 0.0671. The molecule has 3 heterocycles. The minimum absolute atomic E-state index is 0.0650. The van der Waals surface area contributed by atoms with E-state index in [9.17, 15) is 27.1 Å². The lowest BCUT2D eigenvalue weighted by atomic mass is 10.1. The lowest BCUT2D eigenvalue weighted by Gasteiger charge is -2.26. The summed E-state index contributed by atoms with van der Waals surface area (Å²) in [4.78, 5) is 28.5. The molecule has 1 aliphatic heterocycles. The molecule has 2 aromatic heterocycles. The van der Waals surface area contributed by atoms with Crippen LogP contribution in [0.2, 0.25) is 0 Å². The van der Waals surface area contributed by atoms with Crippen molar-refractivity contribution in [1.82, 2.24) is 25.2 Å². The summed E-state index contributed by atoms with van der Waals surface area (Å²) in [6.07, 6.45) is 5.06. The van der Waals surface area contributed by atoms with Crippen molar-refractivity contribution < 1.29 is 31.8 Å². The smallest absolute Gasteiger partial charge is 0.355 e. The Labute approximate surface area is 228 Å². The standard InChI is InChI=1S/C24H28F2N6O5S2/c1-3-37-20-12-27-10-17(29-20)19-11-28-22(38-19)21(33)30-18(13-32-8-7-24(2,34)14-32)15-5-4-6-16(9-15)31-39(35,36)23(25)26/h4-6,9-12,18,23,31,34H,3,7-8,13-14H2,1-2H3,(H,30,33)/t18-,24+/m1/s1. The number of aromatic nitrogens is 3. The number of carbonyl (C=O) groups is 1. The Bertz CT molecular complexity index is 1420. The van der Waals surface area contributed by atoms with Crippen LogP contribution in [0.5, 0.6) is 5.88 Å². The number of alkyl halides is 2. The average molecular weight is 583 g/mol. The number of thiazole rings is 1. The molecule has 1 aliphatic rings. The maximum Gasteiger partial charge on any atom is 0.355 e. The number of anilines is 1. The summed E-state index contributed by atoms with van der Waals surface area (Å²) in [6, 6.07) is 5.22. The van der Waals surface area contributed by atoms with Crippen molar-refractivity contribution in [3.63, 3.8) is 0 Å². The number of benzene rings is 1. The fraction of sp³-hybridized carbons (Fsp3) is 0.417. The van der Waals surface area contributed by atoms with Crippen LogP contribution >= 0.6 is 11.3 Å². The first kappa shape index (κ1) is 28.7. The van der Waals surface area contributed by atoms with E-state index >= 15 is 0 Å². The molecule has 0 unspecified atom stereocenters. The molecule has 2 atom stereocenters. The molecule has 0 radical (unpaired) electrons. The third-order valence-corrected chi connectivity index (χ3v) is 7.93. The molecule has 11 nitrogen and oxygen atoms in total. The quantitative estimate of drug-likeness (QED) is 0.311. The molecular weight excluding hydrogens is 554 g/mol. The molecule has 1 aromatic carbocycles. The molecule has 39 heavy (non-hydrogen) atoms. The monoisotopic (exact) mass is 582 g/mol. The number of β-amino-alcohol motifs (C(OH)–C–C–N with tert-alkyl or cyclic N) is 1. The molecule has 1 saturated heterocycles. The number of halogens is 2. The Morgan fingerprint density at radius 2 is 2.10 bits per heavy atom. The predicted molar refractivity (Wildman–Crippen MR) is 141 cm³/mol. The van der Waals surface area contributed by atoms with E-state index in [1.54, 1.807) is 13.0 Å². The van der Waals surface area contributed by atoms with Crippen LogP contribution in [0.3, 0.4) is 0 Å². The Morgan fingerprint density at radius 1 is 1.31 bits per heavy atom. The van der Waals surface area contributed by atoms with Gasteiger partial charge < -0.3 is 15.2 Å². The van der Waals surface area contributed by atoms with Gasteiger partial charge in [0.2, 0.25) is 5.88 Å². The van der Waals surface area contributed by atoms with E-state index < -0.39 is 33.3 Å². The SMILES string of the molecule is CCOc1cncc(-c2cnc(C(=O)N[C@H](CN3CC[C@](C)(O)C3)c3cccc(NS(=O)(=O)C(F)F)c3)s2)n1. The number of hydrogen-bond donors (Lipinski definition) is 3. The highest BCUT2D eigenvalue weighted by Crippen LogP contribution is 2.28. The van der Waals surface area contributed by atoms with Gasteiger partial charge in [0.05, 0.1) is 35.5 Å². The van der Waals surface area contributed by atoms with E-state index in [1.807, 2.05) is 16.5 Å². The minimum Gasteiger partial charge on any atom is -0.477 e. The molecule has 1 amide bonds. The Hall–Kier alpha value is -3.27. The van der Waals surface area contributed by atoms with Crippen molar-refractivity contribution in [2.24, 2.45) is 0 Å². The first-order valence-electron chi connectivity index (χ1n) is 12.0. The van der Waals surface area contributed by atoms with Gasteiger partial charge in [-0.1, -0.05) is 12.1 Å². The average Bonchev–Trinajstić information content (AvgIpc) is 3.50. The highest BCUT2D eigenvalue weighted by Gasteiger charge is 2.33. The summed E-state index contributed by atoms with van der Waals surface area (Å²) in [7, 11) is -4.87. The normalized spacial score (nSPS) is 18.7. The van der Waals surface area contributed by atoms with Gasteiger partial charge in [-0.3, -0.25) is 19.4 Å². The number of hydrogen-bond acceptors (Lipinski definition) is 10. The molecule has 3 aromatic rings. The summed E-state index contributed by atoms with van der Waals surface area (Å²) in [5, 5.41) is 13.5. The molecule has 0 spiro atoms. The lowest BCUT2D eigenvalue weighted by Crippen LogP contribution is -2.39. The fourth-order valence-electron chi connectivity index (χ4n) is 4.12. The maximum absolute atomic E-state index is 13.2. The Morgan fingerprint density at radius 3 is 2.79 bits per heavy atom. The van der Waals surface area contributed by atoms with E-state index in [1.165, 1.54) is 36.8 Å². The van der Waals surface area contributed by atoms with Crippen LogP contribution < -0.4 is 14.8 Å². The van der Waals surface area contributed by atoms with Crippen LogP contribution in [0.4, 0.5) is 14.5 Å². The molecule has 210 valence electrons. The Kier molecular flexibility index (Phi) is 8.73. The third-order valence-electron chi connectivity index (χ3n) is 5.92. The van der Waals surface area contributed by atoms with Crippen molar-refractivity contribution in [3.8, 4) is 16.5 Å². The molecule has 0 bridgehead atoms. The number of sulfonamides is 1. The fourth-order valence-corrected chi connectivity index (χ4v) is 5.43. The Balaban J connectivity index is 1.57. The van der Waals surface area contributed by atoms with Crippen LogP contribution in [0.25, 0.3) is 10.6 Å². The van der Waals surface area contributed by atoms with Gasteiger partial charge in [-0.15, -0.1) is 11.3 Å². The van der Waals surface area contributed by atoms with Crippen molar-refractivity contribution in [2.45, 2.75) is 37.7 Å². The van der Waals surface area contributed by atoms with E-state index in [4.69, 9.17) is 4.74 Å². The highest BCUT2D eigenvalue weighted by molar-refractivity contribution is 7.93. The molecule has 3 N–H and O–H groups in total. The van der Waals surface area contributed by atoms with Crippen molar-refractivity contribution in [2.75, 3.05) is 31.0 Å². The number of ether oxygens (including phenoxy) is 1. The van der Waals surface area contributed by atoms with Gasteiger partial charge in [-0.25, -0.2) is 18.4 Å². The second kappa shape index (κ2) is 11.9. The minimum atomic E-state index is -4.87. The highest BCUT2D eigenvalue weighted by atomic mass is 32.2. The summed E-state index contributed by atoms with van der Waals surface area (Å²) < 4.78 is 56.4. The molecule has 0 saturated carbocycles. The second-order valence-corrected chi connectivity index (χ2v) is 11.9.